The molecule has 0 saturated heterocycles. The topological polar surface area (TPSA) is 67.9 Å². The molecule has 1 N–H and O–H groups in total. The van der Waals surface area contributed by atoms with Crippen molar-refractivity contribution in [2.45, 2.75) is 58.2 Å². The molecule has 0 aliphatic heterocycles. The van der Waals surface area contributed by atoms with E-state index in [2.05, 4.69) is 5.32 Å². The molecule has 7 heteroatoms. The molecule has 6 nitrogen and oxygen atoms in total. The number of ether oxygens (including phenoxy) is 2. The summed E-state index contributed by atoms with van der Waals surface area (Å²) in [5.74, 6) is 0.994. The summed E-state index contributed by atoms with van der Waals surface area (Å²) in [5.41, 5.74) is 2.85. The fraction of sp³-hybridized carbons (Fsp3) is 0.355. The van der Waals surface area contributed by atoms with Crippen LogP contribution in [-0.2, 0) is 29.0 Å². The molecule has 2 atom stereocenters. The number of aryl methyl sites for hydroxylation is 1. The van der Waals surface area contributed by atoms with Crippen LogP contribution in [0.3, 0.4) is 0 Å². The normalized spacial score (nSPS) is 12.3. The van der Waals surface area contributed by atoms with Crippen LogP contribution in [0.4, 0.5) is 0 Å². The molecule has 3 aromatic carbocycles. The lowest BCUT2D eigenvalue weighted by Gasteiger charge is -2.32. The molecule has 0 aromatic heterocycles. The number of carbonyl (C=O) groups excluding carboxylic acids is 2. The quantitative estimate of drug-likeness (QED) is 0.298. The van der Waals surface area contributed by atoms with Crippen LogP contribution in [0.2, 0.25) is 5.02 Å². The van der Waals surface area contributed by atoms with Crippen LogP contribution in [0.1, 0.15) is 43.4 Å². The van der Waals surface area contributed by atoms with E-state index in [0.717, 1.165) is 23.1 Å². The number of amides is 2. The van der Waals surface area contributed by atoms with E-state index in [1.807, 2.05) is 74.5 Å². The van der Waals surface area contributed by atoms with Gasteiger partial charge in [-0.3, -0.25) is 9.59 Å². The minimum Gasteiger partial charge on any atom is -0.493 e. The molecular formula is C31H37ClN2O4. The molecule has 38 heavy (non-hydrogen) atoms. The molecule has 0 radical (unpaired) electrons. The van der Waals surface area contributed by atoms with E-state index in [0.29, 0.717) is 35.9 Å². The molecule has 3 aromatic rings. The van der Waals surface area contributed by atoms with Crippen molar-refractivity contribution < 1.29 is 19.1 Å². The predicted octanol–water partition coefficient (Wildman–Crippen LogP) is 5.84. The Morgan fingerprint density at radius 2 is 1.55 bits per heavy atom. The van der Waals surface area contributed by atoms with Crippen molar-refractivity contribution in [1.29, 1.82) is 0 Å². The number of halogens is 1. The molecule has 0 unspecified atom stereocenters. The highest BCUT2D eigenvalue weighted by molar-refractivity contribution is 6.30. The average molecular weight is 537 g/mol. The van der Waals surface area contributed by atoms with Crippen LogP contribution in [-0.4, -0.2) is 43.0 Å². The van der Waals surface area contributed by atoms with Gasteiger partial charge in [-0.15, -0.1) is 0 Å². The number of benzene rings is 3. The van der Waals surface area contributed by atoms with E-state index in [1.54, 1.807) is 31.3 Å². The third-order valence-electron chi connectivity index (χ3n) is 6.61. The second-order valence-electron chi connectivity index (χ2n) is 9.36. The van der Waals surface area contributed by atoms with E-state index in [1.165, 1.54) is 0 Å². The summed E-state index contributed by atoms with van der Waals surface area (Å²) in [6, 6.07) is 22.2. The Balaban J connectivity index is 1.90. The minimum atomic E-state index is -0.667. The monoisotopic (exact) mass is 536 g/mol. The highest BCUT2D eigenvalue weighted by Crippen LogP contribution is 2.28. The Hall–Kier alpha value is -3.51. The molecule has 0 aliphatic rings. The van der Waals surface area contributed by atoms with Crippen LogP contribution >= 0.6 is 11.6 Å². The van der Waals surface area contributed by atoms with Crippen molar-refractivity contribution in [3.05, 3.63) is 94.5 Å². The summed E-state index contributed by atoms with van der Waals surface area (Å²) in [7, 11) is 3.18. The van der Waals surface area contributed by atoms with Gasteiger partial charge in [0.1, 0.15) is 6.04 Å². The highest BCUT2D eigenvalue weighted by atomic mass is 35.5. The van der Waals surface area contributed by atoms with Gasteiger partial charge in [0, 0.05) is 30.5 Å². The Morgan fingerprint density at radius 3 is 2.18 bits per heavy atom. The third-order valence-corrected chi connectivity index (χ3v) is 6.87. The first-order valence-corrected chi connectivity index (χ1v) is 13.3. The molecule has 0 saturated carbocycles. The fourth-order valence-electron chi connectivity index (χ4n) is 4.21. The maximum Gasteiger partial charge on any atom is 0.243 e. The molecule has 202 valence electrons. The largest absolute Gasteiger partial charge is 0.493 e. The lowest BCUT2D eigenvalue weighted by Crippen LogP contribution is -2.52. The van der Waals surface area contributed by atoms with Crippen LogP contribution in [0, 0.1) is 0 Å². The molecule has 2 amide bonds. The van der Waals surface area contributed by atoms with Crippen molar-refractivity contribution in [3.8, 4) is 11.5 Å². The summed E-state index contributed by atoms with van der Waals surface area (Å²) in [6.45, 7) is 4.30. The van der Waals surface area contributed by atoms with Gasteiger partial charge in [0.05, 0.1) is 14.2 Å². The van der Waals surface area contributed by atoms with Crippen LogP contribution in [0.15, 0.2) is 72.8 Å². The second kappa shape index (κ2) is 14.4. The van der Waals surface area contributed by atoms with Crippen molar-refractivity contribution >= 4 is 23.4 Å². The van der Waals surface area contributed by atoms with E-state index < -0.39 is 6.04 Å². The SMILES string of the molecule is CC[C@H](C)NC(=O)[C@H](Cc1ccccc1)N(Cc1ccc(Cl)cc1)C(=O)CCc1ccc(OC)c(OC)c1. The molecule has 0 spiro atoms. The number of hydrogen-bond acceptors (Lipinski definition) is 4. The molecule has 3 rings (SSSR count). The predicted molar refractivity (Wildman–Crippen MR) is 152 cm³/mol. The molecule has 0 heterocycles. The average Bonchev–Trinajstić information content (AvgIpc) is 2.94. The standard InChI is InChI=1S/C31H37ClN2O4/c1-5-22(2)33-31(36)27(19-23-9-7-6-8-10-23)34(21-25-11-15-26(32)16-12-25)30(35)18-14-24-13-17-28(37-3)29(20-24)38-4/h6-13,15-17,20,22,27H,5,14,18-19,21H2,1-4H3,(H,33,36)/t22-,27-/m0/s1. The lowest BCUT2D eigenvalue weighted by atomic mass is 10.0. The Morgan fingerprint density at radius 1 is 0.895 bits per heavy atom. The minimum absolute atomic E-state index is 0.0000197. The maximum atomic E-state index is 13.8. The van der Waals surface area contributed by atoms with E-state index in [9.17, 15) is 9.59 Å². The third kappa shape index (κ3) is 8.25. The fourth-order valence-corrected chi connectivity index (χ4v) is 4.34. The van der Waals surface area contributed by atoms with Crippen molar-refractivity contribution in [1.82, 2.24) is 10.2 Å². The number of nitrogens with one attached hydrogen (secondary N) is 1. The van der Waals surface area contributed by atoms with E-state index in [-0.39, 0.29) is 24.3 Å². The van der Waals surface area contributed by atoms with Gasteiger partial charge >= 0.3 is 0 Å². The first-order chi connectivity index (χ1) is 18.3. The first-order valence-electron chi connectivity index (χ1n) is 12.9. The van der Waals surface area contributed by atoms with Gasteiger partial charge in [0.25, 0.3) is 0 Å². The molecule has 0 aliphatic carbocycles. The maximum absolute atomic E-state index is 13.8. The highest BCUT2D eigenvalue weighted by Gasteiger charge is 2.30. The summed E-state index contributed by atoms with van der Waals surface area (Å²) >= 11 is 6.10. The Kier molecular flexibility index (Phi) is 11.0. The molecular weight excluding hydrogens is 500 g/mol. The lowest BCUT2D eigenvalue weighted by molar-refractivity contribution is -0.141. The summed E-state index contributed by atoms with van der Waals surface area (Å²) in [4.78, 5) is 29.1. The smallest absolute Gasteiger partial charge is 0.243 e. The van der Waals surface area contributed by atoms with E-state index in [4.69, 9.17) is 21.1 Å². The zero-order valence-electron chi connectivity index (χ0n) is 22.6. The van der Waals surface area contributed by atoms with Crippen molar-refractivity contribution in [2.75, 3.05) is 14.2 Å². The number of methoxy groups -OCH3 is 2. The second-order valence-corrected chi connectivity index (χ2v) is 9.80. The zero-order chi connectivity index (χ0) is 27.5. The van der Waals surface area contributed by atoms with Crippen molar-refractivity contribution in [3.63, 3.8) is 0 Å². The van der Waals surface area contributed by atoms with Crippen LogP contribution in [0.25, 0.3) is 0 Å². The van der Waals surface area contributed by atoms with Gasteiger partial charge < -0.3 is 19.7 Å². The van der Waals surface area contributed by atoms with Gasteiger partial charge in [-0.2, -0.15) is 0 Å². The number of nitrogens with zero attached hydrogens (tertiary/aromatic N) is 1. The summed E-state index contributed by atoms with van der Waals surface area (Å²) < 4.78 is 10.8. The number of hydrogen-bond donors (Lipinski definition) is 1. The van der Waals surface area contributed by atoms with Gasteiger partial charge in [-0.1, -0.05) is 67.1 Å². The number of carbonyl (C=O) groups is 2. The van der Waals surface area contributed by atoms with Crippen LogP contribution in [0.5, 0.6) is 11.5 Å². The van der Waals surface area contributed by atoms with Gasteiger partial charge in [-0.25, -0.2) is 0 Å². The number of rotatable bonds is 13. The van der Waals surface area contributed by atoms with Crippen LogP contribution < -0.4 is 14.8 Å². The summed E-state index contributed by atoms with van der Waals surface area (Å²) in [6.07, 6.45) is 1.96. The zero-order valence-corrected chi connectivity index (χ0v) is 23.3. The molecule has 0 fully saturated rings. The first kappa shape index (κ1) is 29.1. The van der Waals surface area contributed by atoms with Crippen molar-refractivity contribution in [2.24, 2.45) is 0 Å². The molecule has 0 bridgehead atoms. The van der Waals surface area contributed by atoms with E-state index >= 15 is 0 Å². The van der Waals surface area contributed by atoms with Gasteiger partial charge in [0.15, 0.2) is 11.5 Å². The van der Waals surface area contributed by atoms with Gasteiger partial charge in [-0.05, 0) is 60.7 Å². The Bertz CT molecular complexity index is 1180. The Labute approximate surface area is 230 Å². The van der Waals surface area contributed by atoms with Gasteiger partial charge in [0.2, 0.25) is 11.8 Å². The summed E-state index contributed by atoms with van der Waals surface area (Å²) in [5, 5.41) is 3.72.